The number of ether oxygens (including phenoxy) is 1. The fourth-order valence-electron chi connectivity index (χ4n) is 3.09. The number of aryl methyl sites for hydroxylation is 2. The molecule has 0 spiro atoms. The molecule has 0 aliphatic heterocycles. The van der Waals surface area contributed by atoms with Crippen LogP contribution < -0.4 is 10.1 Å². The van der Waals surface area contributed by atoms with Gasteiger partial charge >= 0.3 is 0 Å². The van der Waals surface area contributed by atoms with Crippen LogP contribution in [0.4, 0.5) is 0 Å². The molecule has 1 atom stereocenters. The lowest BCUT2D eigenvalue weighted by atomic mass is 9.96. The Hall–Kier alpha value is -1.02. The third kappa shape index (κ3) is 5.70. The number of hydrogen-bond donors (Lipinski definition) is 1. The molecule has 0 fully saturated rings. The zero-order valence-corrected chi connectivity index (χ0v) is 14.6. The summed E-state index contributed by atoms with van der Waals surface area (Å²) in [4.78, 5) is 0. The third-order valence-corrected chi connectivity index (χ3v) is 4.14. The van der Waals surface area contributed by atoms with Crippen LogP contribution in [0.25, 0.3) is 0 Å². The minimum absolute atomic E-state index is 0.472. The van der Waals surface area contributed by atoms with Crippen molar-refractivity contribution in [2.75, 3.05) is 13.7 Å². The molecule has 0 aromatic heterocycles. The Morgan fingerprint density at radius 2 is 1.62 bits per heavy atom. The molecule has 2 heteroatoms. The van der Waals surface area contributed by atoms with E-state index < -0.39 is 0 Å². The largest absolute Gasteiger partial charge is 0.496 e. The van der Waals surface area contributed by atoms with Gasteiger partial charge in [-0.2, -0.15) is 0 Å². The molecule has 21 heavy (non-hydrogen) atoms. The minimum atomic E-state index is 0.472. The van der Waals surface area contributed by atoms with Gasteiger partial charge in [-0.3, -0.25) is 0 Å². The van der Waals surface area contributed by atoms with E-state index in [1.807, 2.05) is 0 Å². The summed E-state index contributed by atoms with van der Waals surface area (Å²) in [5.41, 5.74) is 3.88. The molecule has 0 aliphatic carbocycles. The number of benzene rings is 1. The smallest absolute Gasteiger partial charge is 0.124 e. The maximum absolute atomic E-state index is 5.48. The van der Waals surface area contributed by atoms with Gasteiger partial charge in [-0.05, 0) is 43.5 Å². The summed E-state index contributed by atoms with van der Waals surface area (Å²) in [7, 11) is 1.75. The molecule has 0 bridgehead atoms. The molecule has 0 saturated carbocycles. The van der Waals surface area contributed by atoms with Crippen LogP contribution in [0.15, 0.2) is 12.1 Å². The van der Waals surface area contributed by atoms with Crippen LogP contribution in [0.1, 0.15) is 75.1 Å². The second-order valence-electron chi connectivity index (χ2n) is 6.00. The van der Waals surface area contributed by atoms with Crippen molar-refractivity contribution in [3.05, 3.63) is 28.8 Å². The second-order valence-corrected chi connectivity index (χ2v) is 6.00. The summed E-state index contributed by atoms with van der Waals surface area (Å²) >= 11 is 0. The lowest BCUT2D eigenvalue weighted by Crippen LogP contribution is -2.21. The summed E-state index contributed by atoms with van der Waals surface area (Å²) in [6.45, 7) is 9.75. The first kappa shape index (κ1) is 18.0. The first-order valence-corrected chi connectivity index (χ1v) is 8.52. The van der Waals surface area contributed by atoms with Crippen LogP contribution >= 0.6 is 0 Å². The van der Waals surface area contributed by atoms with Crippen molar-refractivity contribution in [3.63, 3.8) is 0 Å². The van der Waals surface area contributed by atoms with Gasteiger partial charge < -0.3 is 10.1 Å². The van der Waals surface area contributed by atoms with Crippen molar-refractivity contribution in [2.24, 2.45) is 0 Å². The maximum atomic E-state index is 5.48. The third-order valence-electron chi connectivity index (χ3n) is 4.14. The normalized spacial score (nSPS) is 12.4. The van der Waals surface area contributed by atoms with E-state index in [1.165, 1.54) is 55.2 Å². The summed E-state index contributed by atoms with van der Waals surface area (Å²) in [5, 5.41) is 3.64. The molecule has 1 unspecified atom stereocenters. The van der Waals surface area contributed by atoms with Gasteiger partial charge in [0.2, 0.25) is 0 Å². The average molecular weight is 291 g/mol. The van der Waals surface area contributed by atoms with Crippen LogP contribution in [0.2, 0.25) is 0 Å². The van der Waals surface area contributed by atoms with Crippen molar-refractivity contribution >= 4 is 0 Å². The van der Waals surface area contributed by atoms with E-state index in [0.717, 1.165) is 12.3 Å². The van der Waals surface area contributed by atoms with Gasteiger partial charge in [0.1, 0.15) is 5.75 Å². The van der Waals surface area contributed by atoms with Crippen LogP contribution in [-0.4, -0.2) is 13.7 Å². The van der Waals surface area contributed by atoms with Gasteiger partial charge in [0, 0.05) is 6.04 Å². The van der Waals surface area contributed by atoms with Gasteiger partial charge in [0.25, 0.3) is 0 Å². The molecule has 2 nitrogen and oxygen atoms in total. The van der Waals surface area contributed by atoms with Crippen LogP contribution in [-0.2, 0) is 0 Å². The SMILES string of the molecule is CCCCCCCC(NCC)c1cc(C)c(OC)c(C)c1. The second kappa shape index (κ2) is 9.83. The quantitative estimate of drug-likeness (QED) is 0.589. The van der Waals surface area contributed by atoms with Gasteiger partial charge in [0.05, 0.1) is 7.11 Å². The van der Waals surface area contributed by atoms with Gasteiger partial charge in [-0.15, -0.1) is 0 Å². The summed E-state index contributed by atoms with van der Waals surface area (Å²) in [6, 6.07) is 5.04. The first-order chi connectivity index (χ1) is 10.1. The molecule has 120 valence electrons. The number of methoxy groups -OCH3 is 1. The van der Waals surface area contributed by atoms with Crippen LogP contribution in [0.3, 0.4) is 0 Å². The predicted octanol–water partition coefficient (Wildman–Crippen LogP) is 5.32. The lowest BCUT2D eigenvalue weighted by molar-refractivity contribution is 0.407. The summed E-state index contributed by atoms with van der Waals surface area (Å²) < 4.78 is 5.48. The van der Waals surface area contributed by atoms with Crippen molar-refractivity contribution in [2.45, 2.75) is 72.3 Å². The predicted molar refractivity (Wildman–Crippen MR) is 92.3 cm³/mol. The van der Waals surface area contributed by atoms with Crippen LogP contribution in [0.5, 0.6) is 5.75 Å². The van der Waals surface area contributed by atoms with E-state index in [4.69, 9.17) is 4.74 Å². The highest BCUT2D eigenvalue weighted by molar-refractivity contribution is 5.44. The minimum Gasteiger partial charge on any atom is -0.496 e. The summed E-state index contributed by atoms with van der Waals surface area (Å²) in [6.07, 6.45) is 7.94. The molecule has 0 amide bonds. The van der Waals surface area contributed by atoms with Crippen molar-refractivity contribution < 1.29 is 4.74 Å². The Morgan fingerprint density at radius 1 is 1.00 bits per heavy atom. The maximum Gasteiger partial charge on any atom is 0.124 e. The van der Waals surface area contributed by atoms with E-state index in [2.05, 4.69) is 45.1 Å². The first-order valence-electron chi connectivity index (χ1n) is 8.52. The van der Waals surface area contributed by atoms with Crippen LogP contribution in [0, 0.1) is 13.8 Å². The molecule has 0 radical (unpaired) electrons. The molecule has 0 heterocycles. The number of hydrogen-bond acceptors (Lipinski definition) is 2. The van der Waals surface area contributed by atoms with Crippen molar-refractivity contribution in [1.82, 2.24) is 5.32 Å². The van der Waals surface area contributed by atoms with E-state index in [0.29, 0.717) is 6.04 Å². The van der Waals surface area contributed by atoms with E-state index in [9.17, 15) is 0 Å². The Morgan fingerprint density at radius 3 is 2.14 bits per heavy atom. The molecule has 1 aromatic rings. The van der Waals surface area contributed by atoms with E-state index in [-0.39, 0.29) is 0 Å². The molecule has 1 N–H and O–H groups in total. The highest BCUT2D eigenvalue weighted by Gasteiger charge is 2.13. The van der Waals surface area contributed by atoms with Crippen molar-refractivity contribution in [1.29, 1.82) is 0 Å². The standard InChI is InChI=1S/C19H33NO/c1-6-8-9-10-11-12-18(20-7-2)17-13-15(3)19(21-5)16(4)14-17/h13-14,18,20H,6-12H2,1-5H3. The number of rotatable bonds is 10. The molecule has 1 aromatic carbocycles. The fourth-order valence-corrected chi connectivity index (χ4v) is 3.09. The van der Waals surface area contributed by atoms with Gasteiger partial charge in [-0.1, -0.05) is 58.1 Å². The Bertz CT molecular complexity index is 391. The van der Waals surface area contributed by atoms with Gasteiger partial charge in [-0.25, -0.2) is 0 Å². The molecular weight excluding hydrogens is 258 g/mol. The average Bonchev–Trinajstić information content (AvgIpc) is 2.45. The lowest BCUT2D eigenvalue weighted by Gasteiger charge is -2.21. The van der Waals surface area contributed by atoms with Gasteiger partial charge in [0.15, 0.2) is 0 Å². The van der Waals surface area contributed by atoms with E-state index in [1.54, 1.807) is 7.11 Å². The van der Waals surface area contributed by atoms with Crippen molar-refractivity contribution in [3.8, 4) is 5.75 Å². The monoisotopic (exact) mass is 291 g/mol. The highest BCUT2D eigenvalue weighted by Crippen LogP contribution is 2.29. The summed E-state index contributed by atoms with van der Waals surface area (Å²) in [5.74, 6) is 1.02. The number of unbranched alkanes of at least 4 members (excludes halogenated alkanes) is 4. The zero-order valence-electron chi connectivity index (χ0n) is 14.6. The Labute approximate surface area is 131 Å². The number of nitrogens with one attached hydrogen (secondary N) is 1. The molecular formula is C19H33NO. The highest BCUT2D eigenvalue weighted by atomic mass is 16.5. The fraction of sp³-hybridized carbons (Fsp3) is 0.684. The molecule has 1 rings (SSSR count). The molecule has 0 saturated heterocycles. The Kier molecular flexibility index (Phi) is 8.44. The van der Waals surface area contributed by atoms with E-state index >= 15 is 0 Å². The Balaban J connectivity index is 2.71. The molecule has 0 aliphatic rings. The zero-order chi connectivity index (χ0) is 15.7. The topological polar surface area (TPSA) is 21.3 Å².